The number of nitrogens with two attached hydrogens (primary N) is 1. The minimum absolute atomic E-state index is 0.0221. The Balaban J connectivity index is 1.26. The summed E-state index contributed by atoms with van der Waals surface area (Å²) in [4.78, 5) is 64.9. The van der Waals surface area contributed by atoms with Gasteiger partial charge in [0.2, 0.25) is 17.7 Å². The van der Waals surface area contributed by atoms with Gasteiger partial charge < -0.3 is 16.4 Å². The minimum Gasteiger partial charge on any atom is -0.366 e. The lowest BCUT2D eigenvalue weighted by atomic mass is 10.1. The second kappa shape index (κ2) is 13.0. The van der Waals surface area contributed by atoms with E-state index in [2.05, 4.69) is 10.6 Å². The zero-order chi connectivity index (χ0) is 30.3. The highest BCUT2D eigenvalue weighted by Crippen LogP contribution is 2.34. The van der Waals surface area contributed by atoms with E-state index in [1.165, 1.54) is 36.0 Å². The average molecular weight is 591 g/mol. The molecule has 1 heterocycles. The molecule has 5 rings (SSSR count). The van der Waals surface area contributed by atoms with Crippen molar-refractivity contribution in [2.75, 3.05) is 10.2 Å². The Bertz CT molecular complexity index is 1710. The summed E-state index contributed by atoms with van der Waals surface area (Å²) in [6.45, 7) is 0. The molecule has 4 aromatic carbocycles. The number of hydrogen-bond acceptors (Lipinski definition) is 6. The van der Waals surface area contributed by atoms with Crippen LogP contribution in [0, 0.1) is 0 Å². The minimum atomic E-state index is -0.627. The van der Waals surface area contributed by atoms with Gasteiger partial charge in [0, 0.05) is 28.1 Å². The number of thioether (sulfide) groups is 1. The van der Waals surface area contributed by atoms with Crippen LogP contribution in [0.15, 0.2) is 120 Å². The van der Waals surface area contributed by atoms with Gasteiger partial charge in [-0.3, -0.25) is 24.0 Å². The maximum absolute atomic E-state index is 13.2. The van der Waals surface area contributed by atoms with Crippen LogP contribution in [0.3, 0.4) is 0 Å². The summed E-state index contributed by atoms with van der Waals surface area (Å²) >= 11 is 1.24. The van der Waals surface area contributed by atoms with E-state index >= 15 is 0 Å². The number of carbonyl (C=O) groups excluding carboxylic acids is 5. The smallest absolute Gasteiger partial charge is 0.272 e. The SMILES string of the molecule is NC(=O)c1ccc(N2C(=O)CC(Sc3ccc(NC(=O)/C(=C/c4ccccc4)NC(=O)c4ccccc4)cc3)C2=O)cc1. The molecule has 214 valence electrons. The molecule has 0 radical (unpaired) electrons. The fourth-order valence-electron chi connectivity index (χ4n) is 4.38. The van der Waals surface area contributed by atoms with Gasteiger partial charge in [-0.25, -0.2) is 4.90 Å². The Hall–Kier alpha value is -5.48. The lowest BCUT2D eigenvalue weighted by Gasteiger charge is -2.15. The van der Waals surface area contributed by atoms with Crippen LogP contribution in [-0.2, 0) is 14.4 Å². The summed E-state index contributed by atoms with van der Waals surface area (Å²) in [5, 5.41) is 4.88. The van der Waals surface area contributed by atoms with Crippen molar-refractivity contribution in [3.8, 4) is 0 Å². The Morgan fingerprint density at radius 2 is 1.42 bits per heavy atom. The number of nitrogens with one attached hydrogen (secondary N) is 2. The molecule has 1 aliphatic heterocycles. The molecule has 1 aliphatic rings. The quantitative estimate of drug-likeness (QED) is 0.192. The standard InChI is InChI=1S/C33H26N4O5S/c34-30(39)22-11-15-25(16-12-22)37-29(38)20-28(33(37)42)43-26-17-13-24(14-18-26)35-32(41)27(19-21-7-3-1-4-8-21)36-31(40)23-9-5-2-6-10-23/h1-19,28H,20H2,(H2,34,39)(H,35,41)(H,36,40)/b27-19-. The third-order valence-corrected chi connectivity index (χ3v) is 7.74. The Kier molecular flexibility index (Phi) is 8.78. The first-order valence-corrected chi connectivity index (χ1v) is 14.1. The molecular weight excluding hydrogens is 564 g/mol. The molecule has 0 aromatic heterocycles. The summed E-state index contributed by atoms with van der Waals surface area (Å²) in [6.07, 6.45) is 1.62. The molecular formula is C33H26N4O5S. The number of hydrogen-bond donors (Lipinski definition) is 3. The van der Waals surface area contributed by atoms with E-state index in [0.717, 1.165) is 15.4 Å². The monoisotopic (exact) mass is 590 g/mol. The number of nitrogens with zero attached hydrogens (tertiary/aromatic N) is 1. The number of imide groups is 1. The molecule has 43 heavy (non-hydrogen) atoms. The predicted molar refractivity (Wildman–Crippen MR) is 165 cm³/mol. The van der Waals surface area contributed by atoms with Crippen molar-refractivity contribution in [1.29, 1.82) is 0 Å². The molecule has 10 heteroatoms. The van der Waals surface area contributed by atoms with Gasteiger partial charge in [-0.15, -0.1) is 11.8 Å². The highest BCUT2D eigenvalue weighted by atomic mass is 32.2. The van der Waals surface area contributed by atoms with Gasteiger partial charge in [0.15, 0.2) is 0 Å². The summed E-state index contributed by atoms with van der Waals surface area (Å²) in [5.74, 6) is -2.22. The number of carbonyl (C=O) groups is 5. The topological polar surface area (TPSA) is 139 Å². The third-order valence-electron chi connectivity index (χ3n) is 6.55. The van der Waals surface area contributed by atoms with E-state index < -0.39 is 23.0 Å². The molecule has 5 amide bonds. The van der Waals surface area contributed by atoms with Gasteiger partial charge in [0.25, 0.3) is 11.8 Å². The highest BCUT2D eigenvalue weighted by Gasteiger charge is 2.40. The third kappa shape index (κ3) is 7.06. The molecule has 9 nitrogen and oxygen atoms in total. The van der Waals surface area contributed by atoms with Crippen LogP contribution >= 0.6 is 11.8 Å². The van der Waals surface area contributed by atoms with Crippen molar-refractivity contribution < 1.29 is 24.0 Å². The molecule has 0 bridgehead atoms. The maximum Gasteiger partial charge on any atom is 0.272 e. The molecule has 0 spiro atoms. The number of anilines is 2. The van der Waals surface area contributed by atoms with Crippen LogP contribution in [0.4, 0.5) is 11.4 Å². The fourth-order valence-corrected chi connectivity index (χ4v) is 5.43. The van der Waals surface area contributed by atoms with Gasteiger partial charge in [-0.1, -0.05) is 48.5 Å². The predicted octanol–water partition coefficient (Wildman–Crippen LogP) is 4.62. The van der Waals surface area contributed by atoms with E-state index in [4.69, 9.17) is 5.73 Å². The summed E-state index contributed by atoms with van der Waals surface area (Å²) in [5.41, 5.74) is 7.62. The number of amides is 5. The van der Waals surface area contributed by atoms with Crippen molar-refractivity contribution in [1.82, 2.24) is 5.32 Å². The van der Waals surface area contributed by atoms with Crippen LogP contribution < -0.4 is 21.3 Å². The maximum atomic E-state index is 13.2. The van der Waals surface area contributed by atoms with Gasteiger partial charge >= 0.3 is 0 Å². The van der Waals surface area contributed by atoms with Gasteiger partial charge in [-0.05, 0) is 72.3 Å². The van der Waals surface area contributed by atoms with Crippen LogP contribution in [-0.4, -0.2) is 34.8 Å². The van der Waals surface area contributed by atoms with Gasteiger partial charge in [-0.2, -0.15) is 0 Å². The van der Waals surface area contributed by atoms with Crippen molar-refractivity contribution in [3.63, 3.8) is 0 Å². The summed E-state index contributed by atoms with van der Waals surface area (Å²) in [6, 6.07) is 30.6. The number of rotatable bonds is 9. The van der Waals surface area contributed by atoms with E-state index in [9.17, 15) is 24.0 Å². The highest BCUT2D eigenvalue weighted by molar-refractivity contribution is 8.00. The van der Waals surface area contributed by atoms with Crippen molar-refractivity contribution in [2.24, 2.45) is 5.73 Å². The Morgan fingerprint density at radius 3 is 2.05 bits per heavy atom. The van der Waals surface area contributed by atoms with Crippen molar-refractivity contribution in [2.45, 2.75) is 16.6 Å². The first-order valence-electron chi connectivity index (χ1n) is 13.3. The zero-order valence-electron chi connectivity index (χ0n) is 22.7. The van der Waals surface area contributed by atoms with E-state index in [0.29, 0.717) is 16.9 Å². The first-order chi connectivity index (χ1) is 20.8. The second-order valence-corrected chi connectivity index (χ2v) is 10.8. The lowest BCUT2D eigenvalue weighted by molar-refractivity contribution is -0.121. The largest absolute Gasteiger partial charge is 0.366 e. The molecule has 1 saturated heterocycles. The molecule has 4 aromatic rings. The molecule has 1 atom stereocenters. The average Bonchev–Trinajstić information content (AvgIpc) is 3.30. The molecule has 0 aliphatic carbocycles. The van der Waals surface area contributed by atoms with E-state index in [-0.39, 0.29) is 29.5 Å². The zero-order valence-corrected chi connectivity index (χ0v) is 23.5. The van der Waals surface area contributed by atoms with Crippen LogP contribution in [0.1, 0.15) is 32.7 Å². The van der Waals surface area contributed by atoms with Gasteiger partial charge in [0.05, 0.1) is 10.9 Å². The second-order valence-electron chi connectivity index (χ2n) is 9.56. The molecule has 1 unspecified atom stereocenters. The molecule has 0 saturated carbocycles. The van der Waals surface area contributed by atoms with Crippen LogP contribution in [0.25, 0.3) is 6.08 Å². The Labute approximate surface area is 251 Å². The van der Waals surface area contributed by atoms with Crippen molar-refractivity contribution >= 4 is 58.7 Å². The fraction of sp³-hybridized carbons (Fsp3) is 0.0606. The van der Waals surface area contributed by atoms with E-state index in [1.807, 2.05) is 30.3 Å². The van der Waals surface area contributed by atoms with Crippen LogP contribution in [0.5, 0.6) is 0 Å². The number of primary amides is 1. The van der Waals surface area contributed by atoms with E-state index in [1.54, 1.807) is 60.7 Å². The Morgan fingerprint density at radius 1 is 0.791 bits per heavy atom. The first kappa shape index (κ1) is 29.0. The molecule has 1 fully saturated rings. The lowest BCUT2D eigenvalue weighted by Crippen LogP contribution is -2.31. The van der Waals surface area contributed by atoms with Gasteiger partial charge in [0.1, 0.15) is 5.70 Å². The van der Waals surface area contributed by atoms with Crippen molar-refractivity contribution in [3.05, 3.63) is 132 Å². The normalized spacial score (nSPS) is 14.8. The molecule has 4 N–H and O–H groups in total. The summed E-state index contributed by atoms with van der Waals surface area (Å²) in [7, 11) is 0. The van der Waals surface area contributed by atoms with Crippen LogP contribution in [0.2, 0.25) is 0 Å². The summed E-state index contributed by atoms with van der Waals surface area (Å²) < 4.78 is 0. The number of benzene rings is 4.